The van der Waals surface area contributed by atoms with E-state index in [1.54, 1.807) is 0 Å². The molecule has 0 aromatic heterocycles. The van der Waals surface area contributed by atoms with Crippen LogP contribution in [0.3, 0.4) is 0 Å². The number of amides is 4. The highest BCUT2D eigenvalue weighted by Gasteiger charge is 2.47. The van der Waals surface area contributed by atoms with Crippen LogP contribution < -0.4 is 21.9 Å². The van der Waals surface area contributed by atoms with E-state index in [0.717, 1.165) is 75.2 Å². The summed E-state index contributed by atoms with van der Waals surface area (Å²) in [6, 6.07) is 7.54. The first-order chi connectivity index (χ1) is 27.2. The molecule has 4 amide bonds. The molecule has 324 valence electrons. The minimum atomic E-state index is -0.441. The molecule has 4 rings (SSSR count). The fourth-order valence-corrected chi connectivity index (χ4v) is 8.61. The van der Waals surface area contributed by atoms with Crippen LogP contribution in [0.4, 0.5) is 0 Å². The van der Waals surface area contributed by atoms with Gasteiger partial charge in [0.25, 0.3) is 5.91 Å². The van der Waals surface area contributed by atoms with Crippen LogP contribution in [0.2, 0.25) is 0 Å². The Labute approximate surface area is 356 Å². The summed E-state index contributed by atoms with van der Waals surface area (Å²) in [5, 5.41) is 3.26. The number of primary amides is 1. The molecule has 2 aliphatic heterocycles. The molecule has 10 nitrogen and oxygen atoms in total. The highest BCUT2D eigenvalue weighted by atomic mass is 32.1. The molecule has 2 heterocycles. The van der Waals surface area contributed by atoms with E-state index in [2.05, 4.69) is 126 Å². The number of carbonyl (C=O) groups is 4. The van der Waals surface area contributed by atoms with Gasteiger partial charge in [-0.3, -0.25) is 24.6 Å². The second kappa shape index (κ2) is 21.7. The Balaban J connectivity index is 0.00000291. The SMILES string of the molecule is CCCNNC(=O)c1ccc(C2CCN(CC(C)(C)C(C)(C)CC(C(=O)N3CCCC3C(=O)NC(C)C3=CCC(C(S)=C(C)C)C=C3)C(C)(C)C)CC2)cc1.NC=O. The second-order valence-corrected chi connectivity index (χ2v) is 19.8. The van der Waals surface area contributed by atoms with Crippen molar-refractivity contribution in [1.29, 1.82) is 0 Å². The van der Waals surface area contributed by atoms with Crippen LogP contribution in [-0.2, 0) is 14.4 Å². The zero-order valence-electron chi connectivity index (χ0n) is 37.5. The molecule has 2 saturated heterocycles. The quantitative estimate of drug-likeness (QED) is 0.0528. The molecule has 0 bridgehead atoms. The summed E-state index contributed by atoms with van der Waals surface area (Å²) in [6.45, 7) is 28.6. The number of rotatable bonds is 15. The van der Waals surface area contributed by atoms with Gasteiger partial charge in [-0.2, -0.15) is 0 Å². The lowest BCUT2D eigenvalue weighted by Crippen LogP contribution is -2.53. The lowest BCUT2D eigenvalue weighted by molar-refractivity contribution is -0.146. The highest BCUT2D eigenvalue weighted by molar-refractivity contribution is 7.84. The van der Waals surface area contributed by atoms with Crippen molar-refractivity contribution in [3.63, 3.8) is 0 Å². The molecule has 11 heteroatoms. The number of allylic oxidation sites excluding steroid dienone is 4. The zero-order chi connectivity index (χ0) is 43.4. The van der Waals surface area contributed by atoms with Crippen LogP contribution in [-0.4, -0.2) is 78.7 Å². The fourth-order valence-electron chi connectivity index (χ4n) is 8.42. The minimum Gasteiger partial charge on any atom is -0.372 e. The zero-order valence-corrected chi connectivity index (χ0v) is 38.4. The van der Waals surface area contributed by atoms with E-state index in [0.29, 0.717) is 24.4 Å². The van der Waals surface area contributed by atoms with Gasteiger partial charge in [0, 0.05) is 37.0 Å². The average Bonchev–Trinajstić information content (AvgIpc) is 3.67. The first kappa shape index (κ1) is 49.0. The Morgan fingerprint density at radius 2 is 1.59 bits per heavy atom. The van der Waals surface area contributed by atoms with Crippen molar-refractivity contribution in [3.05, 3.63) is 69.7 Å². The van der Waals surface area contributed by atoms with Crippen LogP contribution in [0.15, 0.2) is 58.5 Å². The third-order valence-electron chi connectivity index (χ3n) is 13.0. The molecule has 1 aliphatic carbocycles. The van der Waals surface area contributed by atoms with Gasteiger partial charge in [-0.15, -0.1) is 12.6 Å². The molecular weight excluding hydrogens is 745 g/mol. The Morgan fingerprint density at radius 3 is 2.12 bits per heavy atom. The van der Waals surface area contributed by atoms with E-state index >= 15 is 0 Å². The van der Waals surface area contributed by atoms with E-state index < -0.39 is 6.04 Å². The maximum Gasteiger partial charge on any atom is 0.265 e. The third-order valence-corrected chi connectivity index (χ3v) is 13.8. The van der Waals surface area contributed by atoms with E-state index in [9.17, 15) is 14.4 Å². The normalized spacial score (nSPS) is 20.3. The van der Waals surface area contributed by atoms with Crippen LogP contribution >= 0.6 is 12.6 Å². The van der Waals surface area contributed by atoms with Crippen molar-refractivity contribution < 1.29 is 19.2 Å². The lowest BCUT2D eigenvalue weighted by atomic mass is 9.60. The average molecular weight is 821 g/mol. The van der Waals surface area contributed by atoms with Crippen molar-refractivity contribution in [2.24, 2.45) is 33.8 Å². The molecule has 1 aromatic carbocycles. The Kier molecular flexibility index (Phi) is 18.3. The van der Waals surface area contributed by atoms with Gasteiger partial charge in [0.1, 0.15) is 6.04 Å². The molecule has 0 saturated carbocycles. The van der Waals surface area contributed by atoms with Crippen molar-refractivity contribution in [3.8, 4) is 0 Å². The molecule has 1 aromatic rings. The first-order valence-electron chi connectivity index (χ1n) is 21.5. The predicted molar refractivity (Wildman–Crippen MR) is 241 cm³/mol. The molecular formula is C47H76N6O4S. The number of likely N-dealkylation sites (tertiary alicyclic amines) is 2. The van der Waals surface area contributed by atoms with E-state index in [-0.39, 0.29) is 58.3 Å². The van der Waals surface area contributed by atoms with Crippen LogP contribution in [0.25, 0.3) is 0 Å². The summed E-state index contributed by atoms with van der Waals surface area (Å²) in [6.07, 6.45) is 13.1. The minimum absolute atomic E-state index is 0.0502. The lowest BCUT2D eigenvalue weighted by Gasteiger charge is -2.49. The number of nitrogens with one attached hydrogen (secondary N) is 3. The number of piperidine rings is 1. The standard InChI is InChI=1S/C46H73N5O3S.CH3NO/c1-12-25-47-49-41(52)37-21-17-34(18-22-37)35-23-27-50(28-24-35)30-46(10,11)45(8,9)29-38(44(5,6)7)43(54)51-26-13-14-39(51)42(53)48-32(4)33-15-19-36(20-16-33)40(55)31(2)3;2-1-3/h15-19,21-22,32,35-36,38-39,47,55H,12-14,20,23-30H2,1-11H3,(H,48,53)(H,49,52);1H,(H2,2,3). The largest absolute Gasteiger partial charge is 0.372 e. The molecule has 0 radical (unpaired) electrons. The number of nitrogens with zero attached hydrogens (tertiary/aromatic N) is 2. The van der Waals surface area contributed by atoms with Crippen LogP contribution in [0.5, 0.6) is 0 Å². The number of hydrogen-bond donors (Lipinski definition) is 5. The number of nitrogens with two attached hydrogens (primary N) is 1. The Bertz CT molecular complexity index is 1630. The fraction of sp³-hybridized carbons (Fsp3) is 0.660. The first-order valence-corrected chi connectivity index (χ1v) is 22.0. The molecule has 2 fully saturated rings. The van der Waals surface area contributed by atoms with Crippen LogP contribution in [0, 0.1) is 28.1 Å². The van der Waals surface area contributed by atoms with E-state index in [1.807, 2.05) is 24.0 Å². The van der Waals surface area contributed by atoms with E-state index in [4.69, 9.17) is 17.4 Å². The maximum atomic E-state index is 14.6. The number of benzene rings is 1. The summed E-state index contributed by atoms with van der Waals surface area (Å²) in [4.78, 5) is 55.0. The Morgan fingerprint density at radius 1 is 0.966 bits per heavy atom. The molecule has 0 spiro atoms. The van der Waals surface area contributed by atoms with Crippen LogP contribution in [0.1, 0.15) is 143 Å². The molecule has 3 aliphatic rings. The number of hydrogen-bond acceptors (Lipinski definition) is 7. The van der Waals surface area contributed by atoms with Crippen molar-refractivity contribution in [1.82, 2.24) is 26.0 Å². The molecule has 4 unspecified atom stereocenters. The maximum absolute atomic E-state index is 14.6. The monoisotopic (exact) mass is 821 g/mol. The summed E-state index contributed by atoms with van der Waals surface area (Å²) in [7, 11) is 0. The number of thiol groups is 1. The molecule has 5 N–H and O–H groups in total. The van der Waals surface area contributed by atoms with E-state index in [1.165, 1.54) is 11.1 Å². The predicted octanol–water partition coefficient (Wildman–Crippen LogP) is 7.94. The highest BCUT2D eigenvalue weighted by Crippen LogP contribution is 2.48. The summed E-state index contributed by atoms with van der Waals surface area (Å²) in [5.74, 6) is 0.520. The summed E-state index contributed by atoms with van der Waals surface area (Å²) >= 11 is 4.71. The van der Waals surface area contributed by atoms with Gasteiger partial charge >= 0.3 is 0 Å². The van der Waals surface area contributed by atoms with Gasteiger partial charge in [-0.1, -0.05) is 91.3 Å². The Hall–Kier alpha value is -3.41. The number of carbonyl (C=O) groups excluding carboxylic acids is 4. The molecule has 58 heavy (non-hydrogen) atoms. The summed E-state index contributed by atoms with van der Waals surface area (Å²) < 4.78 is 0. The summed E-state index contributed by atoms with van der Waals surface area (Å²) in [5.41, 5.74) is 13.8. The van der Waals surface area contributed by atoms with Gasteiger partial charge in [0.15, 0.2) is 0 Å². The van der Waals surface area contributed by atoms with Gasteiger partial charge in [0.2, 0.25) is 18.2 Å². The molecule has 4 atom stereocenters. The van der Waals surface area contributed by atoms with Crippen molar-refractivity contribution in [2.75, 3.05) is 32.7 Å². The van der Waals surface area contributed by atoms with Gasteiger partial charge in [0.05, 0.1) is 6.04 Å². The smallest absolute Gasteiger partial charge is 0.265 e. The van der Waals surface area contributed by atoms with Crippen molar-refractivity contribution in [2.45, 2.75) is 139 Å². The van der Waals surface area contributed by atoms with Gasteiger partial charge < -0.3 is 20.9 Å². The number of hydrazine groups is 1. The van der Waals surface area contributed by atoms with Gasteiger partial charge in [-0.25, -0.2) is 5.43 Å². The second-order valence-electron chi connectivity index (χ2n) is 19.3. The third kappa shape index (κ3) is 13.3. The van der Waals surface area contributed by atoms with Gasteiger partial charge in [-0.05, 0) is 129 Å². The topological polar surface area (TPSA) is 137 Å². The van der Waals surface area contributed by atoms with Crippen molar-refractivity contribution >= 4 is 36.8 Å².